The van der Waals surface area contributed by atoms with E-state index in [1.807, 2.05) is 37.3 Å². The fourth-order valence-electron chi connectivity index (χ4n) is 3.12. The van der Waals surface area contributed by atoms with Crippen molar-refractivity contribution in [1.82, 2.24) is 4.90 Å². The van der Waals surface area contributed by atoms with E-state index in [1.165, 1.54) is 0 Å². The highest BCUT2D eigenvalue weighted by Crippen LogP contribution is 2.37. The van der Waals surface area contributed by atoms with Crippen LogP contribution in [-0.4, -0.2) is 29.2 Å². The smallest absolute Gasteiger partial charge is 0.294 e. The summed E-state index contributed by atoms with van der Waals surface area (Å²) in [6.45, 7) is 6.44. The SMILES string of the molecule is C#CCN1C(=O)S/C(=C/c2cc(CC=C)c(OCc3ccc(Cl)cc3)c(OCC)c2)C1=O. The average molecular weight is 468 g/mol. The van der Waals surface area contributed by atoms with Crippen LogP contribution in [0.25, 0.3) is 6.08 Å². The first-order chi connectivity index (χ1) is 15.5. The molecule has 164 valence electrons. The second kappa shape index (κ2) is 10.9. The van der Waals surface area contributed by atoms with Crippen LogP contribution in [0.3, 0.4) is 0 Å². The lowest BCUT2D eigenvalue weighted by Gasteiger charge is -2.17. The topological polar surface area (TPSA) is 55.8 Å². The molecule has 0 atom stereocenters. The summed E-state index contributed by atoms with van der Waals surface area (Å²) in [6, 6.07) is 11.1. The molecule has 0 unspecified atom stereocenters. The Bertz CT molecular complexity index is 1100. The van der Waals surface area contributed by atoms with Crippen molar-refractivity contribution in [3.05, 3.63) is 75.7 Å². The number of ether oxygens (including phenoxy) is 2. The van der Waals surface area contributed by atoms with Gasteiger partial charge in [0.05, 0.1) is 18.1 Å². The predicted octanol–water partition coefficient (Wildman–Crippen LogP) is 5.72. The number of rotatable bonds is 9. The minimum absolute atomic E-state index is 0.0502. The van der Waals surface area contributed by atoms with Gasteiger partial charge in [0.1, 0.15) is 6.61 Å². The molecule has 1 saturated heterocycles. The standard InChI is InChI=1S/C25H22ClNO4S/c1-4-7-19-13-18(15-22-24(28)27(12-5-2)25(29)32-22)14-21(30-6-3)23(19)31-16-17-8-10-20(26)11-9-17/h2,4,8-11,13-15H,1,6-7,12,16H2,3H3/b22-15+. The van der Waals surface area contributed by atoms with Gasteiger partial charge in [-0.05, 0) is 66.6 Å². The first-order valence-corrected chi connectivity index (χ1v) is 11.1. The Kier molecular flexibility index (Phi) is 8.04. The second-order valence-electron chi connectivity index (χ2n) is 6.82. The zero-order chi connectivity index (χ0) is 23.1. The summed E-state index contributed by atoms with van der Waals surface area (Å²) in [5, 5.41) is 0.283. The molecule has 32 heavy (non-hydrogen) atoms. The van der Waals surface area contributed by atoms with Gasteiger partial charge in [-0.1, -0.05) is 35.7 Å². The van der Waals surface area contributed by atoms with Crippen LogP contribution < -0.4 is 9.47 Å². The molecule has 0 N–H and O–H groups in total. The van der Waals surface area contributed by atoms with Crippen LogP contribution in [-0.2, 0) is 17.8 Å². The largest absolute Gasteiger partial charge is 0.490 e. The number of halogens is 1. The Labute approximate surface area is 197 Å². The van der Waals surface area contributed by atoms with Crippen LogP contribution in [0.2, 0.25) is 5.02 Å². The normalized spacial score (nSPS) is 14.5. The molecule has 1 aliphatic heterocycles. The first-order valence-electron chi connectivity index (χ1n) is 9.93. The lowest BCUT2D eigenvalue weighted by molar-refractivity contribution is -0.122. The number of thioether (sulfide) groups is 1. The van der Waals surface area contributed by atoms with Crippen LogP contribution in [0.1, 0.15) is 23.6 Å². The summed E-state index contributed by atoms with van der Waals surface area (Å²) in [5.74, 6) is 3.10. The quantitative estimate of drug-likeness (QED) is 0.268. The molecular weight excluding hydrogens is 446 g/mol. The van der Waals surface area contributed by atoms with Gasteiger partial charge >= 0.3 is 0 Å². The lowest BCUT2D eigenvalue weighted by atomic mass is 10.0. The molecule has 1 aliphatic rings. The number of hydrogen-bond donors (Lipinski definition) is 0. The van der Waals surface area contributed by atoms with Gasteiger partial charge in [-0.15, -0.1) is 13.0 Å². The van der Waals surface area contributed by atoms with Gasteiger partial charge in [-0.25, -0.2) is 0 Å². The minimum Gasteiger partial charge on any atom is -0.490 e. The second-order valence-corrected chi connectivity index (χ2v) is 8.25. The molecular formula is C25H22ClNO4S. The number of terminal acetylenes is 1. The highest BCUT2D eigenvalue weighted by Gasteiger charge is 2.34. The number of carbonyl (C=O) groups is 2. The maximum Gasteiger partial charge on any atom is 0.294 e. The van der Waals surface area contributed by atoms with Gasteiger partial charge in [0, 0.05) is 10.6 Å². The molecule has 0 spiro atoms. The van der Waals surface area contributed by atoms with Crippen molar-refractivity contribution in [2.24, 2.45) is 0 Å². The summed E-state index contributed by atoms with van der Waals surface area (Å²) in [7, 11) is 0. The number of imide groups is 1. The van der Waals surface area contributed by atoms with E-state index in [0.29, 0.717) is 41.1 Å². The minimum atomic E-state index is -0.399. The van der Waals surface area contributed by atoms with Crippen molar-refractivity contribution < 1.29 is 19.1 Å². The van der Waals surface area contributed by atoms with Gasteiger partial charge in [-0.2, -0.15) is 0 Å². The van der Waals surface area contributed by atoms with Gasteiger partial charge in [0.2, 0.25) is 0 Å². The van der Waals surface area contributed by atoms with E-state index in [9.17, 15) is 9.59 Å². The number of carbonyl (C=O) groups excluding carboxylic acids is 2. The van der Waals surface area contributed by atoms with Gasteiger partial charge < -0.3 is 9.47 Å². The van der Waals surface area contributed by atoms with Crippen LogP contribution in [0.5, 0.6) is 11.5 Å². The number of allylic oxidation sites excluding steroid dienone is 1. The van der Waals surface area contributed by atoms with Crippen LogP contribution in [0.4, 0.5) is 4.79 Å². The fraction of sp³-hybridized carbons (Fsp3) is 0.200. The van der Waals surface area contributed by atoms with Crippen LogP contribution in [0.15, 0.2) is 54.0 Å². The Morgan fingerprint density at radius 1 is 1.22 bits per heavy atom. The zero-order valence-corrected chi connectivity index (χ0v) is 19.2. The maximum absolute atomic E-state index is 12.5. The molecule has 2 aromatic carbocycles. The van der Waals surface area contributed by atoms with Crippen molar-refractivity contribution >= 4 is 40.6 Å². The molecule has 3 rings (SSSR count). The van der Waals surface area contributed by atoms with E-state index in [0.717, 1.165) is 33.4 Å². The third-order valence-electron chi connectivity index (χ3n) is 4.54. The molecule has 1 fully saturated rings. The first kappa shape index (κ1) is 23.5. The molecule has 2 aromatic rings. The summed E-state index contributed by atoms with van der Waals surface area (Å²) in [6.07, 6.45) is 9.23. The summed E-state index contributed by atoms with van der Waals surface area (Å²) < 4.78 is 12.0. The maximum atomic E-state index is 12.5. The third-order valence-corrected chi connectivity index (χ3v) is 5.69. The Balaban J connectivity index is 1.94. The van der Waals surface area contributed by atoms with Gasteiger partial charge in [0.25, 0.3) is 11.1 Å². The van der Waals surface area contributed by atoms with Gasteiger partial charge in [0.15, 0.2) is 11.5 Å². The van der Waals surface area contributed by atoms with Gasteiger partial charge in [-0.3, -0.25) is 14.5 Å². The van der Waals surface area contributed by atoms with Crippen LogP contribution >= 0.6 is 23.4 Å². The van der Waals surface area contributed by atoms with Crippen LogP contribution in [0, 0.1) is 12.3 Å². The number of amides is 2. The Morgan fingerprint density at radius 3 is 2.62 bits per heavy atom. The molecule has 0 saturated carbocycles. The monoisotopic (exact) mass is 467 g/mol. The van der Waals surface area contributed by atoms with Crippen molar-refractivity contribution in [3.63, 3.8) is 0 Å². The molecule has 0 aliphatic carbocycles. The third kappa shape index (κ3) is 5.56. The summed E-state index contributed by atoms with van der Waals surface area (Å²) >= 11 is 6.83. The van der Waals surface area contributed by atoms with Crippen molar-refractivity contribution in [1.29, 1.82) is 0 Å². The van der Waals surface area contributed by atoms with E-state index in [1.54, 1.807) is 18.2 Å². The molecule has 0 radical (unpaired) electrons. The van der Waals surface area contributed by atoms with E-state index in [2.05, 4.69) is 12.5 Å². The number of hydrogen-bond acceptors (Lipinski definition) is 5. The van der Waals surface area contributed by atoms with E-state index >= 15 is 0 Å². The summed E-state index contributed by atoms with van der Waals surface area (Å²) in [5.41, 5.74) is 2.54. The fourth-order valence-corrected chi connectivity index (χ4v) is 4.08. The average Bonchev–Trinajstić information content (AvgIpc) is 3.02. The molecule has 1 heterocycles. The van der Waals surface area contributed by atoms with E-state index in [4.69, 9.17) is 27.5 Å². The molecule has 0 bridgehead atoms. The Morgan fingerprint density at radius 2 is 1.97 bits per heavy atom. The van der Waals surface area contributed by atoms with Crippen molar-refractivity contribution in [2.45, 2.75) is 20.0 Å². The molecule has 0 aromatic heterocycles. The van der Waals surface area contributed by atoms with Crippen molar-refractivity contribution in [2.75, 3.05) is 13.2 Å². The predicted molar refractivity (Wildman–Crippen MR) is 129 cm³/mol. The van der Waals surface area contributed by atoms with Crippen molar-refractivity contribution in [3.8, 4) is 23.8 Å². The molecule has 2 amide bonds. The number of nitrogens with zero attached hydrogens (tertiary/aromatic N) is 1. The lowest BCUT2D eigenvalue weighted by Crippen LogP contribution is -2.28. The zero-order valence-electron chi connectivity index (χ0n) is 17.6. The number of benzene rings is 2. The summed E-state index contributed by atoms with van der Waals surface area (Å²) in [4.78, 5) is 26.0. The molecule has 5 nitrogen and oxygen atoms in total. The highest BCUT2D eigenvalue weighted by atomic mass is 35.5. The van der Waals surface area contributed by atoms with E-state index in [-0.39, 0.29) is 11.8 Å². The Hall–Kier alpha value is -3.14. The molecule has 7 heteroatoms. The van der Waals surface area contributed by atoms with E-state index < -0.39 is 5.91 Å². The highest BCUT2D eigenvalue weighted by molar-refractivity contribution is 8.18.